The molecule has 0 aromatic carbocycles. The summed E-state index contributed by atoms with van der Waals surface area (Å²) in [5.74, 6) is -0.581. The van der Waals surface area contributed by atoms with E-state index in [0.29, 0.717) is 5.57 Å². The van der Waals surface area contributed by atoms with Crippen molar-refractivity contribution < 1.29 is 9.59 Å². The average molecular weight is 371 g/mol. The number of alkyl halides is 1. The molecule has 1 fully saturated rings. The Labute approximate surface area is 154 Å². The predicted molar refractivity (Wildman–Crippen MR) is 98.8 cm³/mol. The van der Waals surface area contributed by atoms with Crippen LogP contribution < -0.4 is 10.6 Å². The summed E-state index contributed by atoms with van der Waals surface area (Å²) in [6.45, 7) is 4.04. The van der Waals surface area contributed by atoms with Crippen LogP contribution in [0.1, 0.15) is 26.2 Å². The molecule has 3 rings (SSSR count). The van der Waals surface area contributed by atoms with E-state index < -0.39 is 0 Å². The van der Waals surface area contributed by atoms with Gasteiger partial charge in [-0.2, -0.15) is 0 Å². The van der Waals surface area contributed by atoms with Crippen molar-refractivity contribution in [2.75, 3.05) is 19.6 Å². The van der Waals surface area contributed by atoms with Gasteiger partial charge in [0.25, 0.3) is 0 Å². The number of nitrogens with one attached hydrogen (secondary N) is 2. The van der Waals surface area contributed by atoms with Gasteiger partial charge in [-0.05, 0) is 30.5 Å². The van der Waals surface area contributed by atoms with Crippen LogP contribution in [0, 0.1) is 5.92 Å². The number of fused-ring (bicyclic) bond motifs is 2. The first-order valence-electron chi connectivity index (χ1n) is 8.40. The number of halogens is 2. The molecule has 3 atom stereocenters. The normalized spacial score (nSPS) is 28.9. The van der Waals surface area contributed by atoms with Crippen LogP contribution in [0.3, 0.4) is 0 Å². The zero-order valence-corrected chi connectivity index (χ0v) is 15.4. The van der Waals surface area contributed by atoms with Crippen LogP contribution in [0.4, 0.5) is 0 Å². The van der Waals surface area contributed by atoms with Crippen LogP contribution in [-0.4, -0.2) is 42.6 Å². The molecule has 0 amide bonds. The molecular formula is C18H24Cl2N2O2. The summed E-state index contributed by atoms with van der Waals surface area (Å²) in [7, 11) is 0. The highest BCUT2D eigenvalue weighted by molar-refractivity contribution is 6.46. The van der Waals surface area contributed by atoms with Gasteiger partial charge in [-0.15, -0.1) is 24.0 Å². The summed E-state index contributed by atoms with van der Waals surface area (Å²) in [5, 5.41) is 6.39. The molecule has 3 unspecified atom stereocenters. The third kappa shape index (κ3) is 3.83. The van der Waals surface area contributed by atoms with Crippen LogP contribution in [0.25, 0.3) is 0 Å². The lowest BCUT2D eigenvalue weighted by molar-refractivity contribution is -0.135. The number of carbonyl (C=O) groups excluding carboxylic acids is 2. The number of hydrogen-bond acceptors (Lipinski definition) is 4. The Morgan fingerprint density at radius 1 is 1.38 bits per heavy atom. The molecule has 1 aliphatic heterocycles. The van der Waals surface area contributed by atoms with Gasteiger partial charge in [0, 0.05) is 18.0 Å². The molecule has 0 spiro atoms. The molecule has 24 heavy (non-hydrogen) atoms. The number of carbonyl (C=O) groups is 2. The van der Waals surface area contributed by atoms with Crippen LogP contribution in [0.15, 0.2) is 34.9 Å². The summed E-state index contributed by atoms with van der Waals surface area (Å²) >= 11 is 6.45. The Hall–Kier alpha value is -0.940. The fourth-order valence-electron chi connectivity index (χ4n) is 3.50. The Balaban J connectivity index is 0.00000208. The van der Waals surface area contributed by atoms with Gasteiger partial charge >= 0.3 is 0 Å². The molecule has 1 heterocycles. The van der Waals surface area contributed by atoms with Crippen LogP contribution in [0.2, 0.25) is 0 Å². The van der Waals surface area contributed by atoms with Gasteiger partial charge in [0.05, 0.1) is 18.0 Å². The van der Waals surface area contributed by atoms with Crippen molar-refractivity contribution in [3.8, 4) is 0 Å². The molecule has 0 saturated carbocycles. The van der Waals surface area contributed by atoms with Crippen LogP contribution in [-0.2, 0) is 9.59 Å². The average Bonchev–Trinajstić information content (AvgIpc) is 2.55. The third-order valence-corrected chi connectivity index (χ3v) is 5.19. The lowest BCUT2D eigenvalue weighted by atomic mass is 9.73. The molecule has 2 aliphatic carbocycles. The Morgan fingerprint density at radius 2 is 2.17 bits per heavy atom. The van der Waals surface area contributed by atoms with E-state index >= 15 is 0 Å². The number of Topliss-reactive ketones (excluding diaryl/α,β-unsaturated/α-hetero) is 2. The van der Waals surface area contributed by atoms with Gasteiger partial charge in [0.15, 0.2) is 0 Å². The van der Waals surface area contributed by atoms with E-state index in [1.54, 1.807) is 0 Å². The molecule has 6 heteroatoms. The largest absolute Gasteiger partial charge is 0.313 e. The molecule has 0 radical (unpaired) electrons. The number of allylic oxidation sites excluding steroid dienone is 3. The predicted octanol–water partition coefficient (Wildman–Crippen LogP) is 2.33. The first kappa shape index (κ1) is 19.4. The quantitative estimate of drug-likeness (QED) is 0.443. The summed E-state index contributed by atoms with van der Waals surface area (Å²) < 4.78 is 0. The van der Waals surface area contributed by atoms with Crippen molar-refractivity contribution in [1.82, 2.24) is 10.6 Å². The SMILES string of the molecule is CCCCNCC1=CC2=C3C(=O)C(=O)CNC3C(Cl)CC2C=C1.Cl. The van der Waals surface area contributed by atoms with Gasteiger partial charge in [-0.1, -0.05) is 31.6 Å². The second-order valence-corrected chi connectivity index (χ2v) is 7.01. The summed E-state index contributed by atoms with van der Waals surface area (Å²) in [5.41, 5.74) is 2.72. The molecular weight excluding hydrogens is 347 g/mol. The van der Waals surface area contributed by atoms with Crippen molar-refractivity contribution in [2.45, 2.75) is 37.6 Å². The second-order valence-electron chi connectivity index (χ2n) is 6.45. The number of ketones is 2. The van der Waals surface area contributed by atoms with Crippen molar-refractivity contribution in [1.29, 1.82) is 0 Å². The standard InChI is InChI=1S/C18H23ClN2O2.ClH/c1-2-3-6-20-9-11-4-5-12-8-14(19)17-16(13(12)7-11)18(23)15(22)10-21-17;/h4-5,7,12,14,17,20-21H,2-3,6,8-10H2,1H3;1H. The molecule has 4 nitrogen and oxygen atoms in total. The van der Waals surface area contributed by atoms with E-state index in [9.17, 15) is 9.59 Å². The maximum Gasteiger partial charge on any atom is 0.227 e. The van der Waals surface area contributed by atoms with Crippen molar-refractivity contribution in [3.63, 3.8) is 0 Å². The van der Waals surface area contributed by atoms with E-state index in [0.717, 1.165) is 37.1 Å². The number of unbranched alkanes of at least 4 members (excludes halogenated alkanes) is 1. The maximum absolute atomic E-state index is 12.4. The summed E-state index contributed by atoms with van der Waals surface area (Å²) in [6.07, 6.45) is 9.42. The molecule has 0 aromatic rings. The summed E-state index contributed by atoms with van der Waals surface area (Å²) in [6, 6.07) is -0.204. The van der Waals surface area contributed by atoms with Crippen molar-refractivity contribution in [3.05, 3.63) is 34.9 Å². The zero-order valence-electron chi connectivity index (χ0n) is 13.8. The third-order valence-electron chi connectivity index (χ3n) is 4.76. The highest BCUT2D eigenvalue weighted by Gasteiger charge is 2.42. The topological polar surface area (TPSA) is 58.2 Å². The van der Waals surface area contributed by atoms with E-state index in [1.165, 1.54) is 6.42 Å². The fraction of sp³-hybridized carbons (Fsp3) is 0.556. The van der Waals surface area contributed by atoms with Gasteiger partial charge in [-0.25, -0.2) is 0 Å². The van der Waals surface area contributed by atoms with Crippen LogP contribution >= 0.6 is 24.0 Å². The molecule has 3 aliphatic rings. The number of rotatable bonds is 5. The van der Waals surface area contributed by atoms with Crippen LogP contribution in [0.5, 0.6) is 0 Å². The van der Waals surface area contributed by atoms with Gasteiger partial charge in [0.2, 0.25) is 11.6 Å². The molecule has 0 bridgehead atoms. The molecule has 0 aromatic heterocycles. The Morgan fingerprint density at radius 3 is 2.92 bits per heavy atom. The molecule has 2 N–H and O–H groups in total. The monoisotopic (exact) mass is 370 g/mol. The van der Waals surface area contributed by atoms with Gasteiger partial charge in [0.1, 0.15) is 0 Å². The fourth-order valence-corrected chi connectivity index (χ4v) is 3.91. The lowest BCUT2D eigenvalue weighted by Crippen LogP contribution is -2.54. The molecule has 1 saturated heterocycles. The minimum absolute atomic E-state index is 0. The highest BCUT2D eigenvalue weighted by Crippen LogP contribution is 2.39. The lowest BCUT2D eigenvalue weighted by Gasteiger charge is -2.38. The minimum Gasteiger partial charge on any atom is -0.313 e. The van der Waals surface area contributed by atoms with Crippen molar-refractivity contribution >= 4 is 35.6 Å². The molecule has 132 valence electrons. The van der Waals surface area contributed by atoms with Gasteiger partial charge < -0.3 is 10.6 Å². The number of hydrogen-bond donors (Lipinski definition) is 2. The first-order valence-corrected chi connectivity index (χ1v) is 8.84. The van der Waals surface area contributed by atoms with E-state index in [-0.39, 0.29) is 47.9 Å². The van der Waals surface area contributed by atoms with Gasteiger partial charge in [-0.3, -0.25) is 9.59 Å². The first-order chi connectivity index (χ1) is 11.1. The van der Waals surface area contributed by atoms with Crippen molar-refractivity contribution in [2.24, 2.45) is 5.92 Å². The van der Waals surface area contributed by atoms with E-state index in [1.807, 2.05) is 0 Å². The van der Waals surface area contributed by atoms with E-state index in [2.05, 4.69) is 35.8 Å². The highest BCUT2D eigenvalue weighted by atomic mass is 35.5. The Kier molecular flexibility index (Phi) is 6.81. The minimum atomic E-state index is -0.362. The maximum atomic E-state index is 12.4. The number of piperidine rings is 1. The van der Waals surface area contributed by atoms with E-state index in [4.69, 9.17) is 11.6 Å². The smallest absolute Gasteiger partial charge is 0.227 e. The second kappa shape index (κ2) is 8.43. The zero-order chi connectivity index (χ0) is 16.4. The Bertz CT molecular complexity index is 610. The summed E-state index contributed by atoms with van der Waals surface area (Å²) in [4.78, 5) is 24.2.